The van der Waals surface area contributed by atoms with E-state index in [1.165, 1.54) is 17.6 Å². The van der Waals surface area contributed by atoms with Gasteiger partial charge in [-0.15, -0.1) is 11.3 Å². The van der Waals surface area contributed by atoms with Gasteiger partial charge in [0.2, 0.25) is 0 Å². The number of nitrogens with one attached hydrogen (secondary N) is 1. The molecule has 0 unspecified atom stereocenters. The zero-order valence-electron chi connectivity index (χ0n) is 8.76. The number of amides is 1. The summed E-state index contributed by atoms with van der Waals surface area (Å²) in [5, 5.41) is 6.29. The average Bonchev–Trinajstić information content (AvgIpc) is 2.85. The van der Waals surface area contributed by atoms with Gasteiger partial charge >= 0.3 is 0 Å². The van der Waals surface area contributed by atoms with Crippen molar-refractivity contribution >= 4 is 35.1 Å². The molecule has 0 atom stereocenters. The number of hydrogen-bond donors (Lipinski definition) is 1. The molecule has 1 aromatic heterocycles. The van der Waals surface area contributed by atoms with Crippen LogP contribution in [0.4, 0.5) is 0 Å². The van der Waals surface area contributed by atoms with E-state index in [1.54, 1.807) is 12.1 Å². The molecule has 1 N–H and O–H groups in total. The van der Waals surface area contributed by atoms with Crippen molar-refractivity contribution in [3.8, 4) is 0 Å². The van der Waals surface area contributed by atoms with Gasteiger partial charge in [0.1, 0.15) is 0 Å². The summed E-state index contributed by atoms with van der Waals surface area (Å²) in [6.07, 6.45) is 1.52. The minimum Gasteiger partial charge on any atom is -0.266 e. The maximum Gasteiger partial charge on any atom is 0.281 e. The third-order valence-electron chi connectivity index (χ3n) is 2.02. The second-order valence-corrected chi connectivity index (χ2v) is 4.55. The first-order chi connectivity index (χ1) is 8.27. The number of benzene rings is 1. The van der Waals surface area contributed by atoms with Crippen LogP contribution in [0.15, 0.2) is 46.9 Å². The fourth-order valence-electron chi connectivity index (χ4n) is 1.20. The highest BCUT2D eigenvalue weighted by atomic mass is 35.5. The lowest BCUT2D eigenvalue weighted by atomic mass is 10.2. The molecule has 0 spiro atoms. The molecule has 2 aromatic rings. The van der Waals surface area contributed by atoms with Crippen LogP contribution in [0.2, 0.25) is 5.02 Å². The first kappa shape index (κ1) is 11.8. The van der Waals surface area contributed by atoms with Gasteiger partial charge < -0.3 is 0 Å². The van der Waals surface area contributed by atoms with E-state index in [4.69, 9.17) is 11.6 Å². The molecule has 1 heterocycles. The second-order valence-electron chi connectivity index (χ2n) is 3.20. The van der Waals surface area contributed by atoms with Crippen LogP contribution in [0.3, 0.4) is 0 Å². The number of hydrazone groups is 1. The lowest BCUT2D eigenvalue weighted by molar-refractivity contribution is 0.0959. The standard InChI is InChI=1S/C12H9ClN2OS/c13-10-5-2-1-4-9(10)8-14-15-12(16)11-6-3-7-17-11/h1-8H,(H,15,16). The predicted octanol–water partition coefficient (Wildman–Crippen LogP) is 3.17. The Hall–Kier alpha value is -1.65. The molecule has 0 radical (unpaired) electrons. The summed E-state index contributed by atoms with van der Waals surface area (Å²) in [5.41, 5.74) is 3.21. The first-order valence-electron chi connectivity index (χ1n) is 4.89. The van der Waals surface area contributed by atoms with Gasteiger partial charge in [-0.25, -0.2) is 5.43 Å². The Bertz CT molecular complexity index is 537. The van der Waals surface area contributed by atoms with E-state index in [2.05, 4.69) is 10.5 Å². The van der Waals surface area contributed by atoms with Crippen molar-refractivity contribution in [2.24, 2.45) is 5.10 Å². The SMILES string of the molecule is O=C(NN=Cc1ccccc1Cl)c1cccs1. The third kappa shape index (κ3) is 3.15. The highest BCUT2D eigenvalue weighted by Crippen LogP contribution is 2.12. The van der Waals surface area contributed by atoms with Crippen molar-refractivity contribution in [2.75, 3.05) is 0 Å². The van der Waals surface area contributed by atoms with Crippen LogP contribution in [0.25, 0.3) is 0 Å². The number of halogens is 1. The lowest BCUT2D eigenvalue weighted by Gasteiger charge is -1.97. The summed E-state index contributed by atoms with van der Waals surface area (Å²) in [6.45, 7) is 0. The third-order valence-corrected chi connectivity index (χ3v) is 3.23. The fraction of sp³-hybridized carbons (Fsp3) is 0. The molecule has 0 fully saturated rings. The Morgan fingerprint density at radius 2 is 2.12 bits per heavy atom. The summed E-state index contributed by atoms with van der Waals surface area (Å²) in [6, 6.07) is 10.8. The molecular formula is C12H9ClN2OS. The van der Waals surface area contributed by atoms with Crippen LogP contribution >= 0.6 is 22.9 Å². The minimum atomic E-state index is -0.219. The quantitative estimate of drug-likeness (QED) is 0.671. The molecule has 5 heteroatoms. The molecule has 0 bridgehead atoms. The first-order valence-corrected chi connectivity index (χ1v) is 6.14. The van der Waals surface area contributed by atoms with Gasteiger partial charge in [0.05, 0.1) is 11.1 Å². The van der Waals surface area contributed by atoms with Gasteiger partial charge in [-0.2, -0.15) is 5.10 Å². The highest BCUT2D eigenvalue weighted by molar-refractivity contribution is 7.12. The van der Waals surface area contributed by atoms with Crippen molar-refractivity contribution in [2.45, 2.75) is 0 Å². The number of thiophene rings is 1. The maximum absolute atomic E-state index is 11.5. The van der Waals surface area contributed by atoms with Crippen molar-refractivity contribution in [3.63, 3.8) is 0 Å². The Labute approximate surface area is 108 Å². The van der Waals surface area contributed by atoms with Gasteiger partial charge in [0, 0.05) is 10.6 Å². The van der Waals surface area contributed by atoms with Gasteiger partial charge in [0.25, 0.3) is 5.91 Å². The van der Waals surface area contributed by atoms with Crippen molar-refractivity contribution < 1.29 is 4.79 Å². The van der Waals surface area contributed by atoms with E-state index in [0.29, 0.717) is 9.90 Å². The summed E-state index contributed by atoms with van der Waals surface area (Å²) in [7, 11) is 0. The Kier molecular flexibility index (Phi) is 3.90. The van der Waals surface area contributed by atoms with Crippen LogP contribution in [-0.2, 0) is 0 Å². The van der Waals surface area contributed by atoms with Gasteiger partial charge in [-0.1, -0.05) is 35.9 Å². The zero-order valence-corrected chi connectivity index (χ0v) is 10.3. The molecule has 1 aromatic carbocycles. The van der Waals surface area contributed by atoms with Crippen molar-refractivity contribution in [3.05, 3.63) is 57.2 Å². The average molecular weight is 265 g/mol. The molecule has 2 rings (SSSR count). The smallest absolute Gasteiger partial charge is 0.266 e. The number of hydrogen-bond acceptors (Lipinski definition) is 3. The number of carbonyl (C=O) groups excluding carboxylic acids is 1. The van der Waals surface area contributed by atoms with Crippen LogP contribution in [0.1, 0.15) is 15.2 Å². The maximum atomic E-state index is 11.5. The second kappa shape index (κ2) is 5.61. The molecule has 17 heavy (non-hydrogen) atoms. The topological polar surface area (TPSA) is 41.5 Å². The summed E-state index contributed by atoms with van der Waals surface area (Å²) in [5.74, 6) is -0.219. The Balaban J connectivity index is 1.99. The fourth-order valence-corrected chi connectivity index (χ4v) is 2.00. The van der Waals surface area contributed by atoms with E-state index in [1.807, 2.05) is 29.6 Å². The van der Waals surface area contributed by atoms with Crippen molar-refractivity contribution in [1.29, 1.82) is 0 Å². The number of rotatable bonds is 3. The van der Waals surface area contributed by atoms with Crippen LogP contribution in [-0.4, -0.2) is 12.1 Å². The largest absolute Gasteiger partial charge is 0.281 e. The summed E-state index contributed by atoms with van der Waals surface area (Å²) in [4.78, 5) is 12.2. The molecule has 1 amide bonds. The molecule has 0 saturated carbocycles. The molecule has 0 saturated heterocycles. The molecule has 0 aliphatic rings. The monoisotopic (exact) mass is 264 g/mol. The van der Waals surface area contributed by atoms with Crippen molar-refractivity contribution in [1.82, 2.24) is 5.43 Å². The van der Waals surface area contributed by atoms with Gasteiger partial charge in [-0.3, -0.25) is 4.79 Å². The van der Waals surface area contributed by atoms with Gasteiger partial charge in [-0.05, 0) is 17.5 Å². The van der Waals surface area contributed by atoms with E-state index in [0.717, 1.165) is 5.56 Å². The van der Waals surface area contributed by atoms with E-state index >= 15 is 0 Å². The Morgan fingerprint density at radius 1 is 1.29 bits per heavy atom. The number of nitrogens with zero attached hydrogens (tertiary/aromatic N) is 1. The number of carbonyl (C=O) groups is 1. The lowest BCUT2D eigenvalue weighted by Crippen LogP contribution is -2.16. The molecule has 0 aliphatic heterocycles. The van der Waals surface area contributed by atoms with Gasteiger partial charge in [0.15, 0.2) is 0 Å². The predicted molar refractivity (Wildman–Crippen MR) is 70.8 cm³/mol. The van der Waals surface area contributed by atoms with E-state index in [9.17, 15) is 4.79 Å². The van der Waals surface area contributed by atoms with E-state index in [-0.39, 0.29) is 5.91 Å². The minimum absolute atomic E-state index is 0.219. The highest BCUT2D eigenvalue weighted by Gasteiger charge is 2.03. The van der Waals surface area contributed by atoms with E-state index < -0.39 is 0 Å². The molecular weight excluding hydrogens is 256 g/mol. The Morgan fingerprint density at radius 3 is 2.82 bits per heavy atom. The zero-order chi connectivity index (χ0) is 12.1. The summed E-state index contributed by atoms with van der Waals surface area (Å²) >= 11 is 7.31. The summed E-state index contributed by atoms with van der Waals surface area (Å²) < 4.78 is 0. The van der Waals surface area contributed by atoms with Crippen LogP contribution in [0.5, 0.6) is 0 Å². The van der Waals surface area contributed by atoms with Crippen LogP contribution < -0.4 is 5.43 Å². The normalized spacial score (nSPS) is 10.6. The molecule has 86 valence electrons. The molecule has 0 aliphatic carbocycles. The molecule has 3 nitrogen and oxygen atoms in total. The van der Waals surface area contributed by atoms with Crippen LogP contribution in [0, 0.1) is 0 Å².